The van der Waals surface area contributed by atoms with Gasteiger partial charge in [0, 0.05) is 51.0 Å². The number of aliphatic imine (C=N–C) groups is 1. The van der Waals surface area contributed by atoms with Crippen LogP contribution in [0.5, 0.6) is 0 Å². The van der Waals surface area contributed by atoms with Crippen molar-refractivity contribution in [1.29, 1.82) is 0 Å². The molecule has 1 saturated carbocycles. The van der Waals surface area contributed by atoms with Gasteiger partial charge in [-0.3, -0.25) is 9.79 Å². The summed E-state index contributed by atoms with van der Waals surface area (Å²) in [6.07, 6.45) is 6.59. The smallest absolute Gasteiger partial charge is 0.223 e. The standard InChI is InChI=1S/C18H28N4O2/c1-2-8-19-18(20-9-7-16-4-3-10-24-16)21-12-14-11-17(23)22(13-14)15-5-6-15/h3-4,10,14-15H,2,5-9,11-13H2,1H3,(H2,19,20,21). The van der Waals surface area contributed by atoms with Crippen LogP contribution in [0.2, 0.25) is 0 Å². The van der Waals surface area contributed by atoms with E-state index >= 15 is 0 Å². The van der Waals surface area contributed by atoms with Crippen LogP contribution in [0.3, 0.4) is 0 Å². The number of nitrogens with zero attached hydrogens (tertiary/aromatic N) is 2. The minimum Gasteiger partial charge on any atom is -0.469 e. The molecule has 0 bridgehead atoms. The average Bonchev–Trinajstić information content (AvgIpc) is 3.15. The lowest BCUT2D eigenvalue weighted by molar-refractivity contribution is -0.128. The first kappa shape index (κ1) is 16.9. The van der Waals surface area contributed by atoms with Gasteiger partial charge in [-0.15, -0.1) is 0 Å². The SMILES string of the molecule is CCCNC(=NCC1CC(=O)N(C2CC2)C1)NCCc1ccco1. The van der Waals surface area contributed by atoms with Gasteiger partial charge in [0.2, 0.25) is 5.91 Å². The maximum Gasteiger partial charge on any atom is 0.223 e. The molecule has 0 spiro atoms. The third kappa shape index (κ3) is 4.76. The Labute approximate surface area is 143 Å². The quantitative estimate of drug-likeness (QED) is 0.562. The number of amides is 1. The molecule has 1 unspecified atom stereocenters. The molecule has 2 aliphatic rings. The van der Waals surface area contributed by atoms with Crippen molar-refractivity contribution < 1.29 is 9.21 Å². The van der Waals surface area contributed by atoms with Gasteiger partial charge in [-0.1, -0.05) is 6.92 Å². The second kappa shape index (κ2) is 8.22. The lowest BCUT2D eigenvalue weighted by Gasteiger charge is -2.15. The highest BCUT2D eigenvalue weighted by Gasteiger charge is 2.39. The van der Waals surface area contributed by atoms with E-state index in [0.717, 1.165) is 44.2 Å². The van der Waals surface area contributed by atoms with Crippen LogP contribution in [0.4, 0.5) is 0 Å². The Kier molecular flexibility index (Phi) is 5.77. The summed E-state index contributed by atoms with van der Waals surface area (Å²) in [5.74, 6) is 2.47. The van der Waals surface area contributed by atoms with Crippen molar-refractivity contribution in [3.63, 3.8) is 0 Å². The fourth-order valence-electron chi connectivity index (χ4n) is 3.07. The fourth-order valence-corrected chi connectivity index (χ4v) is 3.07. The summed E-state index contributed by atoms with van der Waals surface area (Å²) in [5.41, 5.74) is 0. The summed E-state index contributed by atoms with van der Waals surface area (Å²) in [5, 5.41) is 6.70. The maximum atomic E-state index is 12.0. The van der Waals surface area contributed by atoms with Crippen LogP contribution in [0.25, 0.3) is 0 Å². The molecule has 1 aromatic heterocycles. The van der Waals surface area contributed by atoms with Crippen molar-refractivity contribution in [2.24, 2.45) is 10.9 Å². The fraction of sp³-hybridized carbons (Fsp3) is 0.667. The molecule has 1 aromatic rings. The number of carbonyl (C=O) groups is 1. The van der Waals surface area contributed by atoms with E-state index in [1.54, 1.807) is 6.26 Å². The van der Waals surface area contributed by atoms with Crippen LogP contribution in [0, 0.1) is 5.92 Å². The van der Waals surface area contributed by atoms with Crippen molar-refractivity contribution in [3.05, 3.63) is 24.2 Å². The molecule has 1 aliphatic heterocycles. The van der Waals surface area contributed by atoms with Crippen molar-refractivity contribution in [1.82, 2.24) is 15.5 Å². The Bertz CT molecular complexity index is 551. The van der Waals surface area contributed by atoms with Crippen molar-refractivity contribution in [3.8, 4) is 0 Å². The predicted octanol–water partition coefficient (Wildman–Crippen LogP) is 1.78. The summed E-state index contributed by atoms with van der Waals surface area (Å²) in [7, 11) is 0. The van der Waals surface area contributed by atoms with Gasteiger partial charge in [-0.05, 0) is 31.4 Å². The number of rotatable bonds is 8. The predicted molar refractivity (Wildman–Crippen MR) is 93.9 cm³/mol. The Morgan fingerprint density at radius 2 is 2.21 bits per heavy atom. The first-order chi connectivity index (χ1) is 11.8. The molecule has 1 amide bonds. The second-order valence-corrected chi connectivity index (χ2v) is 6.72. The zero-order valence-corrected chi connectivity index (χ0v) is 14.5. The van der Waals surface area contributed by atoms with Gasteiger partial charge in [0.15, 0.2) is 5.96 Å². The molecule has 3 rings (SSSR count). The van der Waals surface area contributed by atoms with Crippen molar-refractivity contribution in [2.75, 3.05) is 26.2 Å². The molecule has 2 fully saturated rings. The highest BCUT2D eigenvalue weighted by Crippen LogP contribution is 2.32. The van der Waals surface area contributed by atoms with Gasteiger partial charge in [0.25, 0.3) is 0 Å². The second-order valence-electron chi connectivity index (χ2n) is 6.72. The highest BCUT2D eigenvalue weighted by atomic mass is 16.3. The maximum absolute atomic E-state index is 12.0. The van der Waals surface area contributed by atoms with Gasteiger partial charge >= 0.3 is 0 Å². The van der Waals surface area contributed by atoms with E-state index in [0.29, 0.717) is 30.8 Å². The highest BCUT2D eigenvalue weighted by molar-refractivity contribution is 5.81. The van der Waals surface area contributed by atoms with Crippen molar-refractivity contribution in [2.45, 2.75) is 45.1 Å². The third-order valence-corrected chi connectivity index (χ3v) is 4.52. The van der Waals surface area contributed by atoms with Crippen LogP contribution in [0.1, 0.15) is 38.4 Å². The van der Waals surface area contributed by atoms with Crippen LogP contribution in [-0.2, 0) is 11.2 Å². The minimum absolute atomic E-state index is 0.312. The van der Waals surface area contributed by atoms with E-state index in [4.69, 9.17) is 9.41 Å². The summed E-state index contributed by atoms with van der Waals surface area (Å²) in [4.78, 5) is 18.8. The van der Waals surface area contributed by atoms with E-state index < -0.39 is 0 Å². The van der Waals surface area contributed by atoms with Crippen molar-refractivity contribution >= 4 is 11.9 Å². The minimum atomic E-state index is 0.312. The summed E-state index contributed by atoms with van der Waals surface area (Å²) in [6.45, 7) is 5.39. The summed E-state index contributed by atoms with van der Waals surface area (Å²) in [6, 6.07) is 4.41. The molecule has 6 nitrogen and oxygen atoms in total. The third-order valence-electron chi connectivity index (χ3n) is 4.52. The molecule has 6 heteroatoms. The number of guanidine groups is 1. The van der Waals surface area contributed by atoms with Gasteiger partial charge in [-0.2, -0.15) is 0 Å². The Balaban J connectivity index is 1.46. The summed E-state index contributed by atoms with van der Waals surface area (Å²) < 4.78 is 5.35. The number of furan rings is 1. The molecule has 0 radical (unpaired) electrons. The number of hydrogen-bond donors (Lipinski definition) is 2. The largest absolute Gasteiger partial charge is 0.469 e. The molecule has 2 N–H and O–H groups in total. The molecule has 0 aromatic carbocycles. The molecule has 2 heterocycles. The van der Waals surface area contributed by atoms with E-state index in [1.807, 2.05) is 12.1 Å². The lowest BCUT2D eigenvalue weighted by atomic mass is 10.1. The Morgan fingerprint density at radius 1 is 1.38 bits per heavy atom. The number of likely N-dealkylation sites (tertiary alicyclic amines) is 1. The summed E-state index contributed by atoms with van der Waals surface area (Å²) >= 11 is 0. The zero-order chi connectivity index (χ0) is 16.8. The van der Waals surface area contributed by atoms with Gasteiger partial charge in [-0.25, -0.2) is 0 Å². The topological polar surface area (TPSA) is 69.9 Å². The van der Waals surface area contributed by atoms with Gasteiger partial charge in [0.05, 0.1) is 6.26 Å². The average molecular weight is 332 g/mol. The Hall–Kier alpha value is -1.98. The van der Waals surface area contributed by atoms with E-state index in [9.17, 15) is 4.79 Å². The first-order valence-corrected chi connectivity index (χ1v) is 9.10. The van der Waals surface area contributed by atoms with Gasteiger partial charge < -0.3 is 20.0 Å². The van der Waals surface area contributed by atoms with E-state index in [2.05, 4.69) is 22.5 Å². The monoisotopic (exact) mass is 332 g/mol. The van der Waals surface area contributed by atoms with Crippen LogP contribution in [0.15, 0.2) is 27.8 Å². The molecule has 1 atom stereocenters. The molecule has 132 valence electrons. The first-order valence-electron chi connectivity index (χ1n) is 9.10. The normalized spacial score (nSPS) is 21.4. The van der Waals surface area contributed by atoms with Gasteiger partial charge in [0.1, 0.15) is 5.76 Å². The van der Waals surface area contributed by atoms with E-state index in [1.165, 1.54) is 12.8 Å². The number of nitrogens with one attached hydrogen (secondary N) is 2. The molecular formula is C18H28N4O2. The molecule has 24 heavy (non-hydrogen) atoms. The lowest BCUT2D eigenvalue weighted by Crippen LogP contribution is -2.39. The molecule has 1 aliphatic carbocycles. The molecule has 1 saturated heterocycles. The van der Waals surface area contributed by atoms with Crippen LogP contribution < -0.4 is 10.6 Å². The molecular weight excluding hydrogens is 304 g/mol. The van der Waals surface area contributed by atoms with E-state index in [-0.39, 0.29) is 0 Å². The number of carbonyl (C=O) groups excluding carboxylic acids is 1. The Morgan fingerprint density at radius 3 is 2.92 bits per heavy atom. The van der Waals surface area contributed by atoms with Crippen LogP contribution >= 0.6 is 0 Å². The number of hydrogen-bond acceptors (Lipinski definition) is 3. The van der Waals surface area contributed by atoms with Crippen LogP contribution in [-0.4, -0.2) is 49.0 Å². The zero-order valence-electron chi connectivity index (χ0n) is 14.5.